The number of aromatic nitrogens is 1. The highest BCUT2D eigenvalue weighted by Crippen LogP contribution is 2.39. The fourth-order valence-electron chi connectivity index (χ4n) is 2.62. The van der Waals surface area contributed by atoms with Gasteiger partial charge in [0.05, 0.1) is 17.3 Å². The van der Waals surface area contributed by atoms with Gasteiger partial charge in [0, 0.05) is 16.5 Å². The number of halogens is 1. The summed E-state index contributed by atoms with van der Waals surface area (Å²) in [6, 6.07) is 6.60. The van der Waals surface area contributed by atoms with Gasteiger partial charge in [0.1, 0.15) is 10.8 Å². The van der Waals surface area contributed by atoms with Crippen LogP contribution in [0.5, 0.6) is 5.75 Å². The van der Waals surface area contributed by atoms with Crippen LogP contribution >= 0.6 is 27.3 Å². The zero-order valence-corrected chi connectivity index (χ0v) is 14.0. The quantitative estimate of drug-likeness (QED) is 0.899. The number of hydrogen-bond acceptors (Lipinski definition) is 4. The monoisotopic (exact) mass is 352 g/mol. The molecule has 0 amide bonds. The number of nitrogens with one attached hydrogen (secondary N) is 1. The minimum Gasteiger partial charge on any atom is -0.496 e. The summed E-state index contributed by atoms with van der Waals surface area (Å²) in [5, 5.41) is 4.49. The second-order valence-electron chi connectivity index (χ2n) is 4.91. The van der Waals surface area contributed by atoms with E-state index in [1.165, 1.54) is 23.4 Å². The van der Waals surface area contributed by atoms with Gasteiger partial charge in [-0.2, -0.15) is 0 Å². The maximum atomic E-state index is 5.28. The Kier molecular flexibility index (Phi) is 4.10. The molecule has 0 spiro atoms. The van der Waals surface area contributed by atoms with Crippen LogP contribution in [-0.2, 0) is 6.42 Å². The molecule has 0 saturated heterocycles. The average molecular weight is 353 g/mol. The zero-order chi connectivity index (χ0) is 14.1. The highest BCUT2D eigenvalue weighted by Gasteiger charge is 2.23. The van der Waals surface area contributed by atoms with E-state index in [0.29, 0.717) is 6.04 Å². The van der Waals surface area contributed by atoms with Crippen molar-refractivity contribution in [2.45, 2.75) is 25.3 Å². The molecule has 0 aliphatic heterocycles. The Labute approximate surface area is 131 Å². The third-order valence-corrected chi connectivity index (χ3v) is 5.58. The van der Waals surface area contributed by atoms with E-state index in [0.717, 1.165) is 27.2 Å². The lowest BCUT2D eigenvalue weighted by atomic mass is 9.98. The summed E-state index contributed by atoms with van der Waals surface area (Å²) in [4.78, 5) is 6.24. The Hall–Kier alpha value is -0.910. The van der Waals surface area contributed by atoms with Crippen LogP contribution in [0.1, 0.15) is 29.5 Å². The van der Waals surface area contributed by atoms with E-state index >= 15 is 0 Å². The Balaban J connectivity index is 1.99. The molecule has 20 heavy (non-hydrogen) atoms. The molecule has 1 aromatic carbocycles. The number of benzene rings is 1. The number of fused-ring (bicyclic) bond motifs is 1. The fourth-order valence-corrected chi connectivity index (χ4v) is 4.41. The highest BCUT2D eigenvalue weighted by atomic mass is 79.9. The molecule has 1 heterocycles. The predicted octanol–water partition coefficient (Wildman–Crippen LogP) is 4.18. The first-order chi connectivity index (χ1) is 9.72. The van der Waals surface area contributed by atoms with Gasteiger partial charge >= 0.3 is 0 Å². The van der Waals surface area contributed by atoms with E-state index in [1.54, 1.807) is 7.11 Å². The van der Waals surface area contributed by atoms with Crippen LogP contribution < -0.4 is 10.1 Å². The van der Waals surface area contributed by atoms with Crippen molar-refractivity contribution in [2.24, 2.45) is 0 Å². The number of methoxy groups -OCH3 is 1. The lowest BCUT2D eigenvalue weighted by Gasteiger charge is -2.19. The van der Waals surface area contributed by atoms with Crippen LogP contribution in [0.4, 0.5) is 0 Å². The van der Waals surface area contributed by atoms with Crippen molar-refractivity contribution >= 4 is 27.3 Å². The molecule has 1 aliphatic carbocycles. The van der Waals surface area contributed by atoms with Crippen molar-refractivity contribution in [3.05, 3.63) is 33.2 Å². The summed E-state index contributed by atoms with van der Waals surface area (Å²) in [5.41, 5.74) is 2.41. The van der Waals surface area contributed by atoms with Gasteiger partial charge in [-0.3, -0.25) is 0 Å². The number of thiazole rings is 1. The fraction of sp³-hybridized carbons (Fsp3) is 0.400. The molecule has 106 valence electrons. The Morgan fingerprint density at radius 3 is 3.00 bits per heavy atom. The molecule has 1 aliphatic rings. The van der Waals surface area contributed by atoms with E-state index in [2.05, 4.69) is 33.4 Å². The summed E-state index contributed by atoms with van der Waals surface area (Å²) < 4.78 is 6.25. The van der Waals surface area contributed by atoms with E-state index in [1.807, 2.05) is 24.5 Å². The first kappa shape index (κ1) is 14.0. The van der Waals surface area contributed by atoms with Crippen LogP contribution in [0.3, 0.4) is 0 Å². The Morgan fingerprint density at radius 1 is 1.45 bits per heavy atom. The van der Waals surface area contributed by atoms with Crippen LogP contribution in [0.25, 0.3) is 10.6 Å². The second-order valence-corrected chi connectivity index (χ2v) is 6.80. The van der Waals surface area contributed by atoms with Crippen LogP contribution in [0.15, 0.2) is 22.7 Å². The molecule has 5 heteroatoms. The second kappa shape index (κ2) is 5.84. The number of rotatable bonds is 3. The molecule has 0 saturated carbocycles. The molecule has 3 rings (SSSR count). The summed E-state index contributed by atoms with van der Waals surface area (Å²) in [6.45, 7) is 0. The summed E-state index contributed by atoms with van der Waals surface area (Å²) in [6.07, 6.45) is 3.52. The molecular formula is C15H17BrN2OS. The van der Waals surface area contributed by atoms with Crippen molar-refractivity contribution in [1.29, 1.82) is 0 Å². The minimum absolute atomic E-state index is 0.465. The lowest BCUT2D eigenvalue weighted by Crippen LogP contribution is -2.19. The van der Waals surface area contributed by atoms with Crippen molar-refractivity contribution in [3.63, 3.8) is 0 Å². The van der Waals surface area contributed by atoms with Gasteiger partial charge in [-0.25, -0.2) is 4.98 Å². The van der Waals surface area contributed by atoms with Gasteiger partial charge in [0.15, 0.2) is 0 Å². The largest absolute Gasteiger partial charge is 0.496 e. The SMILES string of the molecule is CNC1CCCc2nc(-c3ccc(OC)c(Br)c3)sc21. The molecule has 3 nitrogen and oxygen atoms in total. The van der Waals surface area contributed by atoms with Crippen LogP contribution in [-0.4, -0.2) is 19.1 Å². The van der Waals surface area contributed by atoms with Gasteiger partial charge in [0.2, 0.25) is 0 Å². The van der Waals surface area contributed by atoms with Crippen molar-refractivity contribution in [2.75, 3.05) is 14.2 Å². The van der Waals surface area contributed by atoms with E-state index in [-0.39, 0.29) is 0 Å². The van der Waals surface area contributed by atoms with E-state index < -0.39 is 0 Å². The highest BCUT2D eigenvalue weighted by molar-refractivity contribution is 9.10. The van der Waals surface area contributed by atoms with Gasteiger partial charge in [-0.05, 0) is 60.4 Å². The average Bonchev–Trinajstić information content (AvgIpc) is 2.91. The zero-order valence-electron chi connectivity index (χ0n) is 11.6. The molecule has 0 fully saturated rings. The molecule has 1 N–H and O–H groups in total. The molecule has 0 radical (unpaired) electrons. The standard InChI is InChI=1S/C15H17BrN2OS/c1-17-11-4-3-5-12-14(11)20-15(18-12)9-6-7-13(19-2)10(16)8-9/h6-8,11,17H,3-5H2,1-2H3. The normalized spacial score (nSPS) is 17.9. The number of nitrogens with zero attached hydrogens (tertiary/aromatic N) is 1. The Morgan fingerprint density at radius 2 is 2.30 bits per heavy atom. The molecule has 2 aromatic rings. The van der Waals surface area contributed by atoms with Crippen molar-refractivity contribution in [3.8, 4) is 16.3 Å². The maximum absolute atomic E-state index is 5.28. The molecule has 1 aromatic heterocycles. The third kappa shape index (κ3) is 2.50. The lowest BCUT2D eigenvalue weighted by molar-refractivity contribution is 0.412. The molecule has 1 unspecified atom stereocenters. The van der Waals surface area contributed by atoms with Gasteiger partial charge in [0.25, 0.3) is 0 Å². The maximum Gasteiger partial charge on any atom is 0.133 e. The molecular weight excluding hydrogens is 336 g/mol. The van der Waals surface area contributed by atoms with Gasteiger partial charge < -0.3 is 10.1 Å². The first-order valence-electron chi connectivity index (χ1n) is 6.73. The van der Waals surface area contributed by atoms with Crippen molar-refractivity contribution < 1.29 is 4.74 Å². The van der Waals surface area contributed by atoms with E-state index in [4.69, 9.17) is 9.72 Å². The Bertz CT molecular complexity index is 626. The number of hydrogen-bond donors (Lipinski definition) is 1. The third-order valence-electron chi connectivity index (χ3n) is 3.70. The summed E-state index contributed by atoms with van der Waals surface area (Å²) >= 11 is 5.35. The number of ether oxygens (including phenoxy) is 1. The first-order valence-corrected chi connectivity index (χ1v) is 8.34. The van der Waals surface area contributed by atoms with Gasteiger partial charge in [-0.1, -0.05) is 0 Å². The number of aryl methyl sites for hydroxylation is 1. The smallest absolute Gasteiger partial charge is 0.133 e. The van der Waals surface area contributed by atoms with Crippen molar-refractivity contribution in [1.82, 2.24) is 10.3 Å². The van der Waals surface area contributed by atoms with Gasteiger partial charge in [-0.15, -0.1) is 11.3 Å². The predicted molar refractivity (Wildman–Crippen MR) is 86.5 cm³/mol. The topological polar surface area (TPSA) is 34.2 Å². The summed E-state index contributed by atoms with van der Waals surface area (Å²) in [5.74, 6) is 0.850. The van der Waals surface area contributed by atoms with Crippen LogP contribution in [0, 0.1) is 0 Å². The molecule has 1 atom stereocenters. The van der Waals surface area contributed by atoms with Crippen LogP contribution in [0.2, 0.25) is 0 Å². The van der Waals surface area contributed by atoms with E-state index in [9.17, 15) is 0 Å². The minimum atomic E-state index is 0.465. The summed E-state index contributed by atoms with van der Waals surface area (Å²) in [7, 11) is 3.71. The molecule has 0 bridgehead atoms.